The van der Waals surface area contributed by atoms with Crippen LogP contribution in [-0.2, 0) is 11.8 Å². The fraction of sp³-hybridized carbons (Fsp3) is 0.160. The number of aromatic nitrogens is 4. The van der Waals surface area contributed by atoms with E-state index >= 15 is 0 Å². The Hall–Kier alpha value is -3.98. The number of amides is 2. The van der Waals surface area contributed by atoms with Gasteiger partial charge < -0.3 is 15.2 Å². The van der Waals surface area contributed by atoms with Gasteiger partial charge in [-0.25, -0.2) is 0 Å². The molecule has 172 valence electrons. The van der Waals surface area contributed by atoms with Gasteiger partial charge in [0.05, 0.1) is 5.75 Å². The average Bonchev–Trinajstić information content (AvgIpc) is 3.20. The van der Waals surface area contributed by atoms with Crippen molar-refractivity contribution in [1.82, 2.24) is 19.7 Å². The summed E-state index contributed by atoms with van der Waals surface area (Å²) in [5, 5.41) is 14.9. The zero-order chi connectivity index (χ0) is 24.1. The van der Waals surface area contributed by atoms with Gasteiger partial charge in [0, 0.05) is 41.9 Å². The van der Waals surface area contributed by atoms with Gasteiger partial charge in [0.25, 0.3) is 5.91 Å². The van der Waals surface area contributed by atoms with Crippen molar-refractivity contribution in [2.75, 3.05) is 16.4 Å². The van der Waals surface area contributed by atoms with Gasteiger partial charge in [-0.05, 0) is 61.4 Å². The summed E-state index contributed by atoms with van der Waals surface area (Å²) in [6.07, 6.45) is 3.40. The number of anilines is 2. The van der Waals surface area contributed by atoms with Crippen LogP contribution in [0, 0.1) is 13.8 Å². The molecule has 0 aliphatic carbocycles. The molecule has 0 fully saturated rings. The summed E-state index contributed by atoms with van der Waals surface area (Å²) in [7, 11) is 1.87. The van der Waals surface area contributed by atoms with E-state index in [0.29, 0.717) is 27.9 Å². The number of rotatable bonds is 7. The number of carbonyl (C=O) groups excluding carboxylic acids is 2. The van der Waals surface area contributed by atoms with Gasteiger partial charge in [-0.3, -0.25) is 14.6 Å². The van der Waals surface area contributed by atoms with Crippen LogP contribution in [0.3, 0.4) is 0 Å². The number of hydrogen-bond acceptors (Lipinski definition) is 6. The third kappa shape index (κ3) is 5.32. The van der Waals surface area contributed by atoms with Crippen LogP contribution in [0.4, 0.5) is 11.4 Å². The van der Waals surface area contributed by atoms with Crippen LogP contribution in [0.25, 0.3) is 11.4 Å². The molecule has 2 heterocycles. The van der Waals surface area contributed by atoms with E-state index in [0.717, 1.165) is 16.7 Å². The van der Waals surface area contributed by atoms with E-state index in [9.17, 15) is 9.59 Å². The molecular weight excluding hydrogens is 448 g/mol. The van der Waals surface area contributed by atoms with Crippen molar-refractivity contribution in [3.63, 3.8) is 0 Å². The predicted molar refractivity (Wildman–Crippen MR) is 134 cm³/mol. The van der Waals surface area contributed by atoms with E-state index in [1.54, 1.807) is 30.6 Å². The van der Waals surface area contributed by atoms with E-state index in [1.165, 1.54) is 11.8 Å². The number of nitrogens with zero attached hydrogens (tertiary/aromatic N) is 4. The lowest BCUT2D eigenvalue weighted by Gasteiger charge is -2.12. The van der Waals surface area contributed by atoms with Gasteiger partial charge in [-0.15, -0.1) is 10.2 Å². The van der Waals surface area contributed by atoms with Crippen LogP contribution in [-0.4, -0.2) is 37.3 Å². The van der Waals surface area contributed by atoms with Gasteiger partial charge in [-0.2, -0.15) is 0 Å². The lowest BCUT2D eigenvalue weighted by molar-refractivity contribution is -0.113. The van der Waals surface area contributed by atoms with Crippen molar-refractivity contribution in [3.05, 3.63) is 83.7 Å². The molecule has 8 nitrogen and oxygen atoms in total. The number of carbonyl (C=O) groups is 2. The molecule has 34 heavy (non-hydrogen) atoms. The molecule has 0 atom stereocenters. The van der Waals surface area contributed by atoms with Crippen molar-refractivity contribution in [3.8, 4) is 11.4 Å². The molecule has 0 spiro atoms. The van der Waals surface area contributed by atoms with Gasteiger partial charge in [0.15, 0.2) is 11.0 Å². The SMILES string of the molecule is Cc1cc(NC(=O)c2ccccc2C)ccc1NC(=O)CSc1nnc(-c2ccncc2)n1C. The minimum atomic E-state index is -0.166. The van der Waals surface area contributed by atoms with Crippen molar-refractivity contribution >= 4 is 35.0 Å². The zero-order valence-electron chi connectivity index (χ0n) is 19.1. The standard InChI is InChI=1S/C25H24N6O2S/c1-16-6-4-5-7-20(16)24(33)27-19-8-9-21(17(2)14-19)28-22(32)15-34-25-30-29-23(31(25)3)18-10-12-26-13-11-18/h4-14H,15H2,1-3H3,(H,27,33)(H,28,32). The fourth-order valence-corrected chi connectivity index (χ4v) is 4.13. The van der Waals surface area contributed by atoms with Gasteiger partial charge >= 0.3 is 0 Å². The fourth-order valence-electron chi connectivity index (χ4n) is 3.42. The molecule has 2 amide bonds. The lowest BCUT2D eigenvalue weighted by atomic mass is 10.1. The van der Waals surface area contributed by atoms with Crippen LogP contribution in [0.15, 0.2) is 72.1 Å². The Bertz CT molecular complexity index is 1340. The van der Waals surface area contributed by atoms with Crippen molar-refractivity contribution < 1.29 is 9.59 Å². The Balaban J connectivity index is 1.35. The summed E-state index contributed by atoms with van der Waals surface area (Å²) in [5.41, 5.74) is 4.65. The zero-order valence-corrected chi connectivity index (χ0v) is 19.9. The maximum absolute atomic E-state index is 12.5. The summed E-state index contributed by atoms with van der Waals surface area (Å²) in [5.74, 6) is 0.580. The molecule has 0 bridgehead atoms. The predicted octanol–water partition coefficient (Wildman–Crippen LogP) is 4.48. The second kappa shape index (κ2) is 10.3. The Morgan fingerprint density at radius 1 is 0.941 bits per heavy atom. The molecule has 0 unspecified atom stereocenters. The first-order chi connectivity index (χ1) is 16.4. The third-order valence-corrected chi connectivity index (χ3v) is 6.27. The lowest BCUT2D eigenvalue weighted by Crippen LogP contribution is -2.16. The summed E-state index contributed by atoms with van der Waals surface area (Å²) in [6, 6.07) is 16.6. The van der Waals surface area contributed by atoms with E-state index in [1.807, 2.05) is 61.9 Å². The molecule has 4 rings (SSSR count). The molecule has 0 aliphatic rings. The molecule has 4 aromatic rings. The molecule has 0 saturated heterocycles. The summed E-state index contributed by atoms with van der Waals surface area (Å²) < 4.78 is 1.85. The Morgan fingerprint density at radius 2 is 1.71 bits per heavy atom. The monoisotopic (exact) mass is 472 g/mol. The first-order valence-electron chi connectivity index (χ1n) is 10.6. The highest BCUT2D eigenvalue weighted by Crippen LogP contribution is 2.24. The number of benzene rings is 2. The van der Waals surface area contributed by atoms with Crippen LogP contribution in [0.1, 0.15) is 21.5 Å². The molecule has 2 aromatic carbocycles. The quantitative estimate of drug-likeness (QED) is 0.385. The molecule has 0 aliphatic heterocycles. The molecule has 2 N–H and O–H groups in total. The van der Waals surface area contributed by atoms with E-state index in [-0.39, 0.29) is 17.6 Å². The Morgan fingerprint density at radius 3 is 2.44 bits per heavy atom. The summed E-state index contributed by atoms with van der Waals surface area (Å²) in [6.45, 7) is 3.79. The smallest absolute Gasteiger partial charge is 0.255 e. The second-order valence-electron chi connectivity index (χ2n) is 7.74. The molecule has 2 aromatic heterocycles. The van der Waals surface area contributed by atoms with E-state index in [4.69, 9.17) is 0 Å². The van der Waals surface area contributed by atoms with Crippen LogP contribution < -0.4 is 10.6 Å². The summed E-state index contributed by atoms with van der Waals surface area (Å²) >= 11 is 1.31. The van der Waals surface area contributed by atoms with Crippen molar-refractivity contribution in [1.29, 1.82) is 0 Å². The summed E-state index contributed by atoms with van der Waals surface area (Å²) in [4.78, 5) is 29.1. The number of hydrogen-bond donors (Lipinski definition) is 2. The van der Waals surface area contributed by atoms with Crippen LogP contribution >= 0.6 is 11.8 Å². The average molecular weight is 473 g/mol. The van der Waals surface area contributed by atoms with Gasteiger partial charge in [0.2, 0.25) is 5.91 Å². The normalized spacial score (nSPS) is 10.7. The Labute approximate surface area is 201 Å². The minimum absolute atomic E-state index is 0.154. The molecular formula is C25H24N6O2S. The molecule has 0 radical (unpaired) electrons. The highest BCUT2D eigenvalue weighted by atomic mass is 32.2. The van der Waals surface area contributed by atoms with E-state index < -0.39 is 0 Å². The maximum atomic E-state index is 12.5. The largest absolute Gasteiger partial charge is 0.325 e. The minimum Gasteiger partial charge on any atom is -0.325 e. The van der Waals surface area contributed by atoms with Gasteiger partial charge in [-0.1, -0.05) is 30.0 Å². The number of thioether (sulfide) groups is 1. The van der Waals surface area contributed by atoms with E-state index in [2.05, 4.69) is 25.8 Å². The highest BCUT2D eigenvalue weighted by molar-refractivity contribution is 7.99. The van der Waals surface area contributed by atoms with Crippen molar-refractivity contribution in [2.45, 2.75) is 19.0 Å². The van der Waals surface area contributed by atoms with Crippen LogP contribution in [0.2, 0.25) is 0 Å². The first kappa shape index (κ1) is 23.2. The molecule has 9 heteroatoms. The number of aryl methyl sites for hydroxylation is 2. The highest BCUT2D eigenvalue weighted by Gasteiger charge is 2.14. The van der Waals surface area contributed by atoms with Gasteiger partial charge in [0.1, 0.15) is 0 Å². The van der Waals surface area contributed by atoms with Crippen LogP contribution in [0.5, 0.6) is 0 Å². The Kier molecular flexibility index (Phi) is 7.03. The number of nitrogens with one attached hydrogen (secondary N) is 2. The van der Waals surface area contributed by atoms with Crippen molar-refractivity contribution in [2.24, 2.45) is 7.05 Å². The third-order valence-electron chi connectivity index (χ3n) is 5.25. The second-order valence-corrected chi connectivity index (χ2v) is 8.68. The maximum Gasteiger partial charge on any atom is 0.255 e. The topological polar surface area (TPSA) is 102 Å². The molecule has 0 saturated carbocycles. The number of pyridine rings is 1. The first-order valence-corrected chi connectivity index (χ1v) is 11.6.